The molecular weight excluding hydrogens is 472 g/mol. The fourth-order valence-electron chi connectivity index (χ4n) is 3.00. The van der Waals surface area contributed by atoms with Crippen LogP contribution >= 0.6 is 0 Å². The Kier molecular flexibility index (Phi) is 8.32. The van der Waals surface area contributed by atoms with Gasteiger partial charge >= 0.3 is 10.1 Å². The average molecular weight is 499 g/mol. The molecule has 0 bridgehead atoms. The number of carbonyl (C=O) groups is 1. The lowest BCUT2D eigenvalue weighted by molar-refractivity contribution is -0.123. The van der Waals surface area contributed by atoms with Crippen molar-refractivity contribution < 1.29 is 31.6 Å². The average Bonchev–Trinajstić information content (AvgIpc) is 2.85. The molecule has 10 heteroatoms. The lowest BCUT2D eigenvalue weighted by atomic mass is 10.2. The highest BCUT2D eigenvalue weighted by Crippen LogP contribution is 2.31. The molecule has 0 aromatic heterocycles. The molecule has 3 aromatic rings. The number of rotatable bonds is 10. The van der Waals surface area contributed by atoms with Crippen LogP contribution in [-0.4, -0.2) is 41.4 Å². The number of benzene rings is 3. The van der Waals surface area contributed by atoms with E-state index in [1.54, 1.807) is 63.4 Å². The second-order valence-corrected chi connectivity index (χ2v) is 8.99. The monoisotopic (exact) mass is 498 g/mol. The first kappa shape index (κ1) is 25.6. The molecule has 1 N–H and O–H groups in total. The summed E-state index contributed by atoms with van der Waals surface area (Å²) in [5.74, 6) is 0.963. The van der Waals surface area contributed by atoms with Crippen LogP contribution in [0.15, 0.2) is 70.7 Å². The Morgan fingerprint density at radius 3 is 2.31 bits per heavy atom. The lowest BCUT2D eigenvalue weighted by Crippen LogP contribution is -2.24. The fraction of sp³-hybridized carbons (Fsp3) is 0.200. The van der Waals surface area contributed by atoms with Crippen molar-refractivity contribution in [3.63, 3.8) is 0 Å². The number of aryl methyl sites for hydroxylation is 2. The van der Waals surface area contributed by atoms with Crippen molar-refractivity contribution in [3.8, 4) is 23.0 Å². The molecule has 184 valence electrons. The Labute approximate surface area is 204 Å². The van der Waals surface area contributed by atoms with E-state index in [-0.39, 0.29) is 23.0 Å². The van der Waals surface area contributed by atoms with E-state index >= 15 is 0 Å². The van der Waals surface area contributed by atoms with Crippen LogP contribution in [0.2, 0.25) is 0 Å². The molecule has 0 radical (unpaired) electrons. The van der Waals surface area contributed by atoms with Gasteiger partial charge in [0, 0.05) is 0 Å². The first-order chi connectivity index (χ1) is 16.7. The van der Waals surface area contributed by atoms with Crippen LogP contribution < -0.4 is 23.8 Å². The van der Waals surface area contributed by atoms with Crippen molar-refractivity contribution >= 4 is 22.2 Å². The number of hydrazone groups is 1. The number of nitrogens with zero attached hydrogens (tertiary/aromatic N) is 1. The summed E-state index contributed by atoms with van der Waals surface area (Å²) in [5, 5.41) is 3.89. The summed E-state index contributed by atoms with van der Waals surface area (Å²) in [6, 6.07) is 16.5. The van der Waals surface area contributed by atoms with E-state index in [4.69, 9.17) is 18.4 Å². The van der Waals surface area contributed by atoms with Crippen LogP contribution in [0.4, 0.5) is 0 Å². The topological polar surface area (TPSA) is 113 Å². The van der Waals surface area contributed by atoms with Crippen LogP contribution in [0.3, 0.4) is 0 Å². The normalized spacial score (nSPS) is 11.2. The summed E-state index contributed by atoms with van der Waals surface area (Å²) in [4.78, 5) is 12.1. The quantitative estimate of drug-likeness (QED) is 0.258. The zero-order valence-corrected chi connectivity index (χ0v) is 20.6. The Morgan fingerprint density at radius 2 is 1.63 bits per heavy atom. The third kappa shape index (κ3) is 6.97. The van der Waals surface area contributed by atoms with Gasteiger partial charge in [-0.1, -0.05) is 12.1 Å². The minimum atomic E-state index is -4.06. The van der Waals surface area contributed by atoms with Crippen molar-refractivity contribution in [1.29, 1.82) is 0 Å². The van der Waals surface area contributed by atoms with Gasteiger partial charge in [-0.25, -0.2) is 5.43 Å². The largest absolute Gasteiger partial charge is 0.497 e. The number of carbonyl (C=O) groups excluding carboxylic acids is 1. The third-order valence-electron chi connectivity index (χ3n) is 4.83. The van der Waals surface area contributed by atoms with E-state index in [1.807, 2.05) is 6.07 Å². The molecule has 9 nitrogen and oxygen atoms in total. The minimum absolute atomic E-state index is 0.0301. The number of hydrogen-bond acceptors (Lipinski definition) is 8. The van der Waals surface area contributed by atoms with Gasteiger partial charge in [-0.2, -0.15) is 13.5 Å². The molecule has 1 amide bonds. The molecule has 0 unspecified atom stereocenters. The molecule has 0 aliphatic carbocycles. The molecule has 0 heterocycles. The molecule has 0 atom stereocenters. The van der Waals surface area contributed by atoms with Crippen molar-refractivity contribution in [2.45, 2.75) is 18.7 Å². The molecule has 0 saturated heterocycles. The second-order valence-electron chi connectivity index (χ2n) is 7.47. The van der Waals surface area contributed by atoms with Crippen molar-refractivity contribution in [2.24, 2.45) is 5.10 Å². The summed E-state index contributed by atoms with van der Waals surface area (Å²) in [5.41, 5.74) is 4.28. The van der Waals surface area contributed by atoms with E-state index in [0.29, 0.717) is 22.6 Å². The molecule has 3 aromatic carbocycles. The number of ether oxygens (including phenoxy) is 3. The molecular formula is C25H26N2O7S. The van der Waals surface area contributed by atoms with Gasteiger partial charge < -0.3 is 18.4 Å². The third-order valence-corrected chi connectivity index (χ3v) is 6.21. The molecule has 35 heavy (non-hydrogen) atoms. The van der Waals surface area contributed by atoms with E-state index in [9.17, 15) is 13.2 Å². The molecule has 0 fully saturated rings. The number of methoxy groups -OCH3 is 2. The van der Waals surface area contributed by atoms with Crippen LogP contribution in [0.25, 0.3) is 0 Å². The van der Waals surface area contributed by atoms with Gasteiger partial charge in [-0.05, 0) is 79.1 Å². The Morgan fingerprint density at radius 1 is 0.914 bits per heavy atom. The number of hydrogen-bond donors (Lipinski definition) is 1. The zero-order valence-electron chi connectivity index (χ0n) is 19.8. The Bertz CT molecular complexity index is 1320. The summed E-state index contributed by atoms with van der Waals surface area (Å²) in [6.07, 6.45) is 1.39. The number of nitrogens with one attached hydrogen (secondary N) is 1. The summed E-state index contributed by atoms with van der Waals surface area (Å²) < 4.78 is 46.7. The second kappa shape index (κ2) is 11.4. The van der Waals surface area contributed by atoms with Crippen LogP contribution in [0.1, 0.15) is 16.7 Å². The van der Waals surface area contributed by atoms with Gasteiger partial charge in [0.15, 0.2) is 18.1 Å². The predicted octanol–water partition coefficient (Wildman–Crippen LogP) is 3.62. The maximum atomic E-state index is 12.8. The Hall–Kier alpha value is -4.05. The molecule has 3 rings (SSSR count). The minimum Gasteiger partial charge on any atom is -0.497 e. The summed E-state index contributed by atoms with van der Waals surface area (Å²) in [7, 11) is -1.11. The van der Waals surface area contributed by atoms with E-state index in [0.717, 1.165) is 5.56 Å². The van der Waals surface area contributed by atoms with Gasteiger partial charge in [0.25, 0.3) is 5.91 Å². The molecule has 0 aliphatic heterocycles. The highest BCUT2D eigenvalue weighted by Gasteiger charge is 2.21. The molecule has 0 spiro atoms. The number of amides is 1. The van der Waals surface area contributed by atoms with Crippen molar-refractivity contribution in [3.05, 3.63) is 77.4 Å². The maximum Gasteiger partial charge on any atom is 0.339 e. The standard InChI is InChI=1S/C25H26N2O7S/c1-17-5-6-18(2)24(13-17)35(29,30)34-22-12-7-19(14-23(22)32-4)15-26-27-25(28)16-33-21-10-8-20(31-3)9-11-21/h5-15H,16H2,1-4H3,(H,27,28). The van der Waals surface area contributed by atoms with Gasteiger partial charge in [-0.3, -0.25) is 4.79 Å². The predicted molar refractivity (Wildman–Crippen MR) is 131 cm³/mol. The van der Waals surface area contributed by atoms with Crippen LogP contribution in [0, 0.1) is 13.8 Å². The van der Waals surface area contributed by atoms with Crippen LogP contribution in [0.5, 0.6) is 23.0 Å². The highest BCUT2D eigenvalue weighted by molar-refractivity contribution is 7.87. The van der Waals surface area contributed by atoms with Gasteiger partial charge in [0.05, 0.1) is 20.4 Å². The van der Waals surface area contributed by atoms with E-state index in [1.165, 1.54) is 25.5 Å². The van der Waals surface area contributed by atoms with Gasteiger partial charge in [-0.15, -0.1) is 0 Å². The first-order valence-electron chi connectivity index (χ1n) is 10.5. The van der Waals surface area contributed by atoms with Crippen molar-refractivity contribution in [1.82, 2.24) is 5.43 Å². The summed E-state index contributed by atoms with van der Waals surface area (Å²) >= 11 is 0. The van der Waals surface area contributed by atoms with E-state index < -0.39 is 16.0 Å². The smallest absolute Gasteiger partial charge is 0.339 e. The Balaban J connectivity index is 1.62. The lowest BCUT2D eigenvalue weighted by Gasteiger charge is -2.13. The zero-order chi connectivity index (χ0) is 25.4. The summed E-state index contributed by atoms with van der Waals surface area (Å²) in [6.45, 7) is 3.27. The van der Waals surface area contributed by atoms with Crippen molar-refractivity contribution in [2.75, 3.05) is 20.8 Å². The molecule has 0 saturated carbocycles. The first-order valence-corrected chi connectivity index (χ1v) is 11.9. The maximum absolute atomic E-state index is 12.8. The molecule has 0 aliphatic rings. The SMILES string of the molecule is COc1ccc(OCC(=O)NN=Cc2ccc(OS(=O)(=O)c3cc(C)ccc3C)c(OC)c2)cc1. The van der Waals surface area contributed by atoms with E-state index in [2.05, 4.69) is 10.5 Å². The fourth-order valence-corrected chi connectivity index (χ4v) is 4.26. The highest BCUT2D eigenvalue weighted by atomic mass is 32.2. The van der Waals surface area contributed by atoms with Gasteiger partial charge in [0.2, 0.25) is 0 Å². The van der Waals surface area contributed by atoms with Crippen LogP contribution in [-0.2, 0) is 14.9 Å². The van der Waals surface area contributed by atoms with Gasteiger partial charge in [0.1, 0.15) is 16.4 Å².